The maximum Gasteiger partial charge on any atom is 0.0583 e. The molecule has 1 aromatic carbocycles. The van der Waals surface area contributed by atoms with E-state index in [1.54, 1.807) is 6.92 Å². The summed E-state index contributed by atoms with van der Waals surface area (Å²) in [4.78, 5) is 0. The number of hydrogen-bond acceptors (Lipinski definition) is 2. The molecule has 3 heteroatoms. The van der Waals surface area contributed by atoms with Crippen LogP contribution in [0.15, 0.2) is 29.4 Å². The van der Waals surface area contributed by atoms with Crippen LogP contribution < -0.4 is 0 Å². The summed E-state index contributed by atoms with van der Waals surface area (Å²) < 4.78 is 0. The standard InChI is InChI=1S/C9H10ClNO/c1-7(11-12)6-8-2-4-9(10)5-3-8/h2-5,12H,6H2,1H3/b11-7+. The minimum absolute atomic E-state index is 0.660. The van der Waals surface area contributed by atoms with Gasteiger partial charge in [0.15, 0.2) is 0 Å². The molecule has 0 saturated heterocycles. The van der Waals surface area contributed by atoms with Gasteiger partial charge in [0.05, 0.1) is 5.71 Å². The largest absolute Gasteiger partial charge is 0.411 e. The third-order valence-electron chi connectivity index (χ3n) is 1.54. The van der Waals surface area contributed by atoms with Gasteiger partial charge in [0.1, 0.15) is 0 Å². The van der Waals surface area contributed by atoms with Crippen molar-refractivity contribution in [1.29, 1.82) is 0 Å². The Labute approximate surface area is 76.5 Å². The van der Waals surface area contributed by atoms with Crippen LogP contribution in [0.25, 0.3) is 0 Å². The molecule has 1 N–H and O–H groups in total. The van der Waals surface area contributed by atoms with Gasteiger partial charge >= 0.3 is 0 Å². The molecule has 0 spiro atoms. The number of hydrogen-bond donors (Lipinski definition) is 1. The van der Waals surface area contributed by atoms with Gasteiger partial charge in [-0.25, -0.2) is 0 Å². The zero-order valence-electron chi connectivity index (χ0n) is 6.79. The molecule has 1 aromatic rings. The van der Waals surface area contributed by atoms with Crippen molar-refractivity contribution in [1.82, 2.24) is 0 Å². The van der Waals surface area contributed by atoms with Crippen molar-refractivity contribution in [3.05, 3.63) is 34.9 Å². The van der Waals surface area contributed by atoms with E-state index in [2.05, 4.69) is 5.16 Å². The van der Waals surface area contributed by atoms with Gasteiger partial charge in [-0.15, -0.1) is 0 Å². The maximum atomic E-state index is 8.41. The molecule has 0 unspecified atom stereocenters. The lowest BCUT2D eigenvalue weighted by Crippen LogP contribution is -1.96. The monoisotopic (exact) mass is 183 g/mol. The topological polar surface area (TPSA) is 32.6 Å². The van der Waals surface area contributed by atoms with Crippen LogP contribution in [0.1, 0.15) is 12.5 Å². The van der Waals surface area contributed by atoms with Crippen LogP contribution in [0.4, 0.5) is 0 Å². The Kier molecular flexibility index (Phi) is 3.11. The minimum atomic E-state index is 0.660. The number of rotatable bonds is 2. The molecule has 1 rings (SSSR count). The molecule has 0 atom stereocenters. The van der Waals surface area contributed by atoms with Gasteiger partial charge in [-0.3, -0.25) is 0 Å². The normalized spacial score (nSPS) is 11.7. The summed E-state index contributed by atoms with van der Waals surface area (Å²) in [5, 5.41) is 12.2. The fraction of sp³-hybridized carbons (Fsp3) is 0.222. The molecule has 0 aliphatic carbocycles. The van der Waals surface area contributed by atoms with Crippen molar-refractivity contribution < 1.29 is 5.21 Å². The van der Waals surface area contributed by atoms with Crippen LogP contribution in [0.2, 0.25) is 5.02 Å². The van der Waals surface area contributed by atoms with Gasteiger partial charge in [0.2, 0.25) is 0 Å². The Balaban J connectivity index is 2.71. The van der Waals surface area contributed by atoms with E-state index in [0.29, 0.717) is 12.1 Å². The van der Waals surface area contributed by atoms with E-state index in [-0.39, 0.29) is 0 Å². The summed E-state index contributed by atoms with van der Waals surface area (Å²) in [6.45, 7) is 1.77. The Hall–Kier alpha value is -1.02. The van der Waals surface area contributed by atoms with Crippen molar-refractivity contribution in [3.63, 3.8) is 0 Å². The molecule has 0 aliphatic heterocycles. The average Bonchev–Trinajstić information content (AvgIpc) is 2.09. The van der Waals surface area contributed by atoms with Crippen molar-refractivity contribution in [2.45, 2.75) is 13.3 Å². The number of oxime groups is 1. The summed E-state index contributed by atoms with van der Waals surface area (Å²) in [5.74, 6) is 0. The third-order valence-corrected chi connectivity index (χ3v) is 1.80. The highest BCUT2D eigenvalue weighted by Crippen LogP contribution is 2.10. The Morgan fingerprint density at radius 2 is 2.00 bits per heavy atom. The quantitative estimate of drug-likeness (QED) is 0.427. The smallest absolute Gasteiger partial charge is 0.0583 e. The summed E-state index contributed by atoms with van der Waals surface area (Å²) in [5.41, 5.74) is 1.78. The summed E-state index contributed by atoms with van der Waals surface area (Å²) in [7, 11) is 0. The molecule has 0 saturated carbocycles. The minimum Gasteiger partial charge on any atom is -0.411 e. The highest BCUT2D eigenvalue weighted by atomic mass is 35.5. The lowest BCUT2D eigenvalue weighted by atomic mass is 10.1. The van der Waals surface area contributed by atoms with Gasteiger partial charge in [-0.2, -0.15) is 0 Å². The molecule has 0 radical (unpaired) electrons. The van der Waals surface area contributed by atoms with Crippen molar-refractivity contribution >= 4 is 17.3 Å². The summed E-state index contributed by atoms with van der Waals surface area (Å²) in [6.07, 6.45) is 0.660. The second kappa shape index (κ2) is 4.12. The van der Waals surface area contributed by atoms with Gasteiger partial charge in [-0.05, 0) is 24.6 Å². The average molecular weight is 184 g/mol. The third kappa shape index (κ3) is 2.55. The molecular formula is C9H10ClNO. The number of halogens is 1. The first kappa shape index (κ1) is 9.07. The van der Waals surface area contributed by atoms with Crippen LogP contribution in [0, 0.1) is 0 Å². The van der Waals surface area contributed by atoms with E-state index >= 15 is 0 Å². The van der Waals surface area contributed by atoms with E-state index in [1.165, 1.54) is 0 Å². The van der Waals surface area contributed by atoms with E-state index in [4.69, 9.17) is 16.8 Å². The van der Waals surface area contributed by atoms with Crippen LogP contribution in [-0.2, 0) is 6.42 Å². The zero-order chi connectivity index (χ0) is 8.97. The lowest BCUT2D eigenvalue weighted by Gasteiger charge is -1.98. The Morgan fingerprint density at radius 3 is 2.50 bits per heavy atom. The molecule has 0 heterocycles. The second-order valence-corrected chi connectivity index (χ2v) is 3.07. The molecule has 2 nitrogen and oxygen atoms in total. The summed E-state index contributed by atoms with van der Waals surface area (Å²) >= 11 is 5.70. The van der Waals surface area contributed by atoms with Crippen molar-refractivity contribution in [2.24, 2.45) is 5.16 Å². The van der Waals surface area contributed by atoms with Crippen LogP contribution >= 0.6 is 11.6 Å². The van der Waals surface area contributed by atoms with Gasteiger partial charge in [0, 0.05) is 11.4 Å². The van der Waals surface area contributed by atoms with Gasteiger partial charge in [0.25, 0.3) is 0 Å². The molecule has 0 aromatic heterocycles. The first-order chi connectivity index (χ1) is 5.72. The van der Waals surface area contributed by atoms with Crippen molar-refractivity contribution in [2.75, 3.05) is 0 Å². The van der Waals surface area contributed by atoms with Crippen LogP contribution in [-0.4, -0.2) is 10.9 Å². The molecular weight excluding hydrogens is 174 g/mol. The number of benzene rings is 1. The Bertz CT molecular complexity index is 279. The van der Waals surface area contributed by atoms with E-state index in [1.807, 2.05) is 24.3 Å². The van der Waals surface area contributed by atoms with E-state index in [0.717, 1.165) is 10.6 Å². The highest BCUT2D eigenvalue weighted by molar-refractivity contribution is 6.30. The highest BCUT2D eigenvalue weighted by Gasteiger charge is 1.95. The van der Waals surface area contributed by atoms with E-state index < -0.39 is 0 Å². The first-order valence-electron chi connectivity index (χ1n) is 3.64. The zero-order valence-corrected chi connectivity index (χ0v) is 7.54. The van der Waals surface area contributed by atoms with Crippen molar-refractivity contribution in [3.8, 4) is 0 Å². The molecule has 0 bridgehead atoms. The van der Waals surface area contributed by atoms with Gasteiger partial charge < -0.3 is 5.21 Å². The predicted octanol–water partition coefficient (Wildman–Crippen LogP) is 2.73. The molecule has 0 fully saturated rings. The molecule has 0 aliphatic rings. The molecule has 0 amide bonds. The molecule has 12 heavy (non-hydrogen) atoms. The summed E-state index contributed by atoms with van der Waals surface area (Å²) in [6, 6.07) is 7.47. The van der Waals surface area contributed by atoms with E-state index in [9.17, 15) is 0 Å². The first-order valence-corrected chi connectivity index (χ1v) is 4.02. The Morgan fingerprint density at radius 1 is 1.42 bits per heavy atom. The lowest BCUT2D eigenvalue weighted by molar-refractivity contribution is 0.317. The SMILES string of the molecule is C/C(Cc1ccc(Cl)cc1)=N\O. The maximum absolute atomic E-state index is 8.41. The van der Waals surface area contributed by atoms with Crippen LogP contribution in [0.3, 0.4) is 0 Å². The fourth-order valence-corrected chi connectivity index (χ4v) is 1.06. The fourth-order valence-electron chi connectivity index (χ4n) is 0.933. The second-order valence-electron chi connectivity index (χ2n) is 2.64. The number of nitrogens with zero attached hydrogens (tertiary/aromatic N) is 1. The predicted molar refractivity (Wildman–Crippen MR) is 50.1 cm³/mol. The van der Waals surface area contributed by atoms with Crippen LogP contribution in [0.5, 0.6) is 0 Å². The van der Waals surface area contributed by atoms with Gasteiger partial charge in [-0.1, -0.05) is 28.9 Å². The molecule has 64 valence electrons.